The van der Waals surface area contributed by atoms with Crippen LogP contribution in [-0.2, 0) is 0 Å². The highest BCUT2D eigenvalue weighted by Crippen LogP contribution is 2.28. The number of nitrogens with one attached hydrogen (secondary N) is 1. The highest BCUT2D eigenvalue weighted by Gasteiger charge is 2.10. The van der Waals surface area contributed by atoms with Crippen LogP contribution >= 0.6 is 0 Å². The summed E-state index contributed by atoms with van der Waals surface area (Å²) in [7, 11) is 0. The van der Waals surface area contributed by atoms with Crippen LogP contribution in [0.4, 0.5) is 0 Å². The Morgan fingerprint density at radius 3 is 2.76 bits per heavy atom. The second-order valence-corrected chi connectivity index (χ2v) is 3.66. The molecule has 4 heteroatoms. The van der Waals surface area contributed by atoms with Crippen LogP contribution in [0, 0.1) is 12.3 Å². The minimum atomic E-state index is -0.00686. The minimum absolute atomic E-state index is 0.00686. The summed E-state index contributed by atoms with van der Waals surface area (Å²) in [6.07, 6.45) is 3.30. The van der Waals surface area contributed by atoms with Gasteiger partial charge in [-0.3, -0.25) is 10.4 Å². The third kappa shape index (κ3) is 2.42. The first-order valence-corrected chi connectivity index (χ1v) is 5.20. The first-order valence-electron chi connectivity index (χ1n) is 5.20. The van der Waals surface area contributed by atoms with Gasteiger partial charge in [0.25, 0.3) is 0 Å². The summed E-state index contributed by atoms with van der Waals surface area (Å²) in [5, 5.41) is 7.52. The van der Waals surface area contributed by atoms with E-state index in [4.69, 9.17) is 15.9 Å². The van der Waals surface area contributed by atoms with E-state index in [9.17, 15) is 0 Å². The summed E-state index contributed by atoms with van der Waals surface area (Å²) in [6.45, 7) is 1.91. The molecule has 0 atom stereocenters. The lowest BCUT2D eigenvalue weighted by molar-refractivity contribution is 0.475. The number of nitrogens with two attached hydrogens (primary N) is 1. The fourth-order valence-corrected chi connectivity index (χ4v) is 1.53. The van der Waals surface area contributed by atoms with Crippen LogP contribution in [0.15, 0.2) is 42.7 Å². The molecule has 86 valence electrons. The van der Waals surface area contributed by atoms with Gasteiger partial charge in [-0.2, -0.15) is 0 Å². The average Bonchev–Trinajstić information content (AvgIpc) is 2.33. The molecule has 0 saturated heterocycles. The summed E-state index contributed by atoms with van der Waals surface area (Å²) >= 11 is 0. The molecular formula is C13H13N3O. The van der Waals surface area contributed by atoms with Gasteiger partial charge in [0.2, 0.25) is 0 Å². The normalized spacial score (nSPS) is 9.94. The second-order valence-electron chi connectivity index (χ2n) is 3.66. The maximum Gasteiger partial charge on any atom is 0.145 e. The Bertz CT molecular complexity index is 538. The van der Waals surface area contributed by atoms with Crippen LogP contribution in [0.3, 0.4) is 0 Å². The van der Waals surface area contributed by atoms with Gasteiger partial charge in [-0.15, -0.1) is 0 Å². The molecule has 1 aromatic heterocycles. The largest absolute Gasteiger partial charge is 0.455 e. The molecular weight excluding hydrogens is 214 g/mol. The van der Waals surface area contributed by atoms with Crippen molar-refractivity contribution in [3.63, 3.8) is 0 Å². The Hall–Kier alpha value is -2.36. The van der Waals surface area contributed by atoms with E-state index in [-0.39, 0.29) is 5.84 Å². The minimum Gasteiger partial charge on any atom is -0.455 e. The smallest absolute Gasteiger partial charge is 0.145 e. The van der Waals surface area contributed by atoms with Crippen molar-refractivity contribution >= 4 is 5.84 Å². The highest BCUT2D eigenvalue weighted by atomic mass is 16.5. The zero-order chi connectivity index (χ0) is 12.3. The molecule has 0 amide bonds. The predicted octanol–water partition coefficient (Wildman–Crippen LogP) is 2.47. The molecule has 17 heavy (non-hydrogen) atoms. The topological polar surface area (TPSA) is 72.0 Å². The lowest BCUT2D eigenvalue weighted by atomic mass is 10.1. The summed E-state index contributed by atoms with van der Waals surface area (Å²) < 4.78 is 5.72. The van der Waals surface area contributed by atoms with Crippen LogP contribution < -0.4 is 10.5 Å². The van der Waals surface area contributed by atoms with Gasteiger partial charge < -0.3 is 10.5 Å². The first-order chi connectivity index (χ1) is 8.18. The maximum atomic E-state index is 7.52. The van der Waals surface area contributed by atoms with E-state index in [1.54, 1.807) is 24.5 Å². The number of aromatic nitrogens is 1. The van der Waals surface area contributed by atoms with Crippen LogP contribution in [-0.4, -0.2) is 10.8 Å². The van der Waals surface area contributed by atoms with Crippen molar-refractivity contribution in [3.05, 3.63) is 53.9 Å². The number of nitrogens with zero attached hydrogens (tertiary/aromatic N) is 1. The van der Waals surface area contributed by atoms with E-state index < -0.39 is 0 Å². The Labute approximate surface area is 99.6 Å². The van der Waals surface area contributed by atoms with E-state index in [0.29, 0.717) is 17.1 Å². The van der Waals surface area contributed by atoms with Crippen LogP contribution in [0.25, 0.3) is 0 Å². The Balaban J connectivity index is 2.41. The molecule has 0 unspecified atom stereocenters. The number of hydrogen-bond donors (Lipinski definition) is 2. The van der Waals surface area contributed by atoms with E-state index in [1.807, 2.05) is 25.1 Å². The summed E-state index contributed by atoms with van der Waals surface area (Å²) in [5.74, 6) is 1.23. The first kappa shape index (κ1) is 11.1. The zero-order valence-corrected chi connectivity index (χ0v) is 9.47. The third-order valence-electron chi connectivity index (χ3n) is 2.36. The number of amidine groups is 1. The van der Waals surface area contributed by atoms with Gasteiger partial charge >= 0.3 is 0 Å². The van der Waals surface area contributed by atoms with E-state index >= 15 is 0 Å². The molecule has 0 spiro atoms. The molecule has 2 aromatic rings. The summed E-state index contributed by atoms with van der Waals surface area (Å²) in [5.41, 5.74) is 7.05. The SMILES string of the molecule is Cc1cccc(C(=N)N)c1Oc1cccnc1. The van der Waals surface area contributed by atoms with Crippen molar-refractivity contribution in [2.24, 2.45) is 5.73 Å². The van der Waals surface area contributed by atoms with Crippen LogP contribution in [0.1, 0.15) is 11.1 Å². The van der Waals surface area contributed by atoms with Crippen molar-refractivity contribution in [1.82, 2.24) is 4.98 Å². The molecule has 0 aliphatic rings. The molecule has 0 aliphatic heterocycles. The molecule has 3 N–H and O–H groups in total. The number of hydrogen-bond acceptors (Lipinski definition) is 3. The van der Waals surface area contributed by atoms with Gasteiger partial charge in [0.15, 0.2) is 0 Å². The number of ether oxygens (including phenoxy) is 1. The summed E-state index contributed by atoms with van der Waals surface area (Å²) in [4.78, 5) is 3.98. The molecule has 0 fully saturated rings. The second kappa shape index (κ2) is 4.65. The van der Waals surface area contributed by atoms with E-state index in [1.165, 1.54) is 0 Å². The molecule has 4 nitrogen and oxygen atoms in total. The monoisotopic (exact) mass is 227 g/mol. The lowest BCUT2D eigenvalue weighted by Gasteiger charge is -2.12. The number of aryl methyl sites for hydroxylation is 1. The standard InChI is InChI=1S/C13H13N3O/c1-9-4-2-6-11(13(14)15)12(9)17-10-5-3-7-16-8-10/h2-8H,1H3,(H3,14,15). The predicted molar refractivity (Wildman–Crippen MR) is 66.5 cm³/mol. The highest BCUT2D eigenvalue weighted by molar-refractivity contribution is 5.98. The fraction of sp³-hybridized carbons (Fsp3) is 0.0769. The molecule has 0 bridgehead atoms. The lowest BCUT2D eigenvalue weighted by Crippen LogP contribution is -2.12. The van der Waals surface area contributed by atoms with Gasteiger partial charge in [-0.1, -0.05) is 12.1 Å². The summed E-state index contributed by atoms with van der Waals surface area (Å²) in [6, 6.07) is 9.13. The average molecular weight is 227 g/mol. The maximum absolute atomic E-state index is 7.52. The third-order valence-corrected chi connectivity index (χ3v) is 2.36. The Morgan fingerprint density at radius 2 is 2.12 bits per heavy atom. The Kier molecular flexibility index (Phi) is 3.05. The van der Waals surface area contributed by atoms with E-state index in [2.05, 4.69) is 4.98 Å². The molecule has 0 aliphatic carbocycles. The Morgan fingerprint density at radius 1 is 1.29 bits per heavy atom. The fourth-order valence-electron chi connectivity index (χ4n) is 1.53. The van der Waals surface area contributed by atoms with Crippen molar-refractivity contribution in [1.29, 1.82) is 5.41 Å². The molecule has 0 radical (unpaired) electrons. The van der Waals surface area contributed by atoms with Crippen molar-refractivity contribution in [3.8, 4) is 11.5 Å². The number of nitrogen functional groups attached to an aromatic ring is 1. The van der Waals surface area contributed by atoms with Crippen LogP contribution in [0.2, 0.25) is 0 Å². The van der Waals surface area contributed by atoms with Crippen molar-refractivity contribution < 1.29 is 4.74 Å². The number of rotatable bonds is 3. The van der Waals surface area contributed by atoms with Crippen molar-refractivity contribution in [2.45, 2.75) is 6.92 Å². The molecule has 0 saturated carbocycles. The van der Waals surface area contributed by atoms with Gasteiger partial charge in [0.1, 0.15) is 17.3 Å². The van der Waals surface area contributed by atoms with Gasteiger partial charge in [-0.05, 0) is 30.7 Å². The van der Waals surface area contributed by atoms with Gasteiger partial charge in [-0.25, -0.2) is 0 Å². The zero-order valence-electron chi connectivity index (χ0n) is 9.47. The number of para-hydroxylation sites is 1. The molecule has 1 heterocycles. The van der Waals surface area contributed by atoms with Gasteiger partial charge in [0.05, 0.1) is 11.8 Å². The van der Waals surface area contributed by atoms with Crippen molar-refractivity contribution in [2.75, 3.05) is 0 Å². The van der Waals surface area contributed by atoms with Gasteiger partial charge in [0, 0.05) is 6.20 Å². The number of benzene rings is 1. The molecule has 1 aromatic carbocycles. The van der Waals surface area contributed by atoms with E-state index in [0.717, 1.165) is 5.56 Å². The van der Waals surface area contributed by atoms with Crippen LogP contribution in [0.5, 0.6) is 11.5 Å². The molecule has 2 rings (SSSR count). The number of pyridine rings is 1. The quantitative estimate of drug-likeness (QED) is 0.625.